The van der Waals surface area contributed by atoms with Gasteiger partial charge in [-0.25, -0.2) is 0 Å². The predicted octanol–water partition coefficient (Wildman–Crippen LogP) is 4.16. The number of rotatable bonds is 3. The normalized spacial score (nSPS) is 12.7. The van der Waals surface area contributed by atoms with Gasteiger partial charge in [0.2, 0.25) is 0 Å². The summed E-state index contributed by atoms with van der Waals surface area (Å²) in [5.41, 5.74) is 2.08. The third-order valence-electron chi connectivity index (χ3n) is 2.26. The highest BCUT2D eigenvalue weighted by molar-refractivity contribution is 6.29. The van der Waals surface area contributed by atoms with Gasteiger partial charge in [0.1, 0.15) is 5.76 Å². The van der Waals surface area contributed by atoms with Gasteiger partial charge in [-0.05, 0) is 42.3 Å². The predicted molar refractivity (Wildman–Crippen MR) is 65.0 cm³/mol. The van der Waals surface area contributed by atoms with Crippen molar-refractivity contribution in [3.63, 3.8) is 0 Å². The van der Waals surface area contributed by atoms with Gasteiger partial charge in [-0.15, -0.1) is 11.6 Å². The lowest BCUT2D eigenvalue weighted by molar-refractivity contribution is 0.503. The molecule has 0 radical (unpaired) electrons. The first-order valence-electron chi connectivity index (χ1n) is 4.96. The van der Waals surface area contributed by atoms with Crippen LogP contribution in [0.1, 0.15) is 22.4 Å². The Bertz CT molecular complexity index is 464. The summed E-state index contributed by atoms with van der Waals surface area (Å²) in [5.74, 6) is 0.675. The quantitative estimate of drug-likeness (QED) is 0.770. The Hall–Kier alpha value is -0.990. The first-order chi connectivity index (χ1) is 7.65. The van der Waals surface area contributed by atoms with Crippen molar-refractivity contribution < 1.29 is 4.42 Å². The van der Waals surface area contributed by atoms with E-state index in [4.69, 9.17) is 27.6 Å². The summed E-state index contributed by atoms with van der Waals surface area (Å²) in [7, 11) is 0. The van der Waals surface area contributed by atoms with E-state index in [1.807, 2.05) is 25.3 Å². The molecule has 2 nitrogen and oxygen atoms in total. The SMILES string of the molecule is Cc1ccc(CC(Cl)c2ccc(Cl)o2)nc1. The molecular formula is C12H11Cl2NO. The number of aromatic nitrogens is 1. The standard InChI is InChI=1S/C12H11Cl2NO/c1-8-2-3-9(15-7-8)6-10(13)11-4-5-12(14)16-11/h2-5,7,10H,6H2,1H3. The van der Waals surface area contributed by atoms with Crippen molar-refractivity contribution in [2.45, 2.75) is 18.7 Å². The van der Waals surface area contributed by atoms with Crippen molar-refractivity contribution in [3.8, 4) is 0 Å². The van der Waals surface area contributed by atoms with E-state index >= 15 is 0 Å². The van der Waals surface area contributed by atoms with Crippen LogP contribution in [-0.2, 0) is 6.42 Å². The van der Waals surface area contributed by atoms with E-state index < -0.39 is 0 Å². The van der Waals surface area contributed by atoms with Gasteiger partial charge in [0, 0.05) is 18.3 Å². The van der Waals surface area contributed by atoms with Gasteiger partial charge < -0.3 is 4.42 Å². The van der Waals surface area contributed by atoms with Crippen LogP contribution >= 0.6 is 23.2 Å². The number of pyridine rings is 1. The molecular weight excluding hydrogens is 245 g/mol. The van der Waals surface area contributed by atoms with Crippen molar-refractivity contribution >= 4 is 23.2 Å². The van der Waals surface area contributed by atoms with Gasteiger partial charge in [0.25, 0.3) is 0 Å². The molecule has 0 bridgehead atoms. The van der Waals surface area contributed by atoms with Gasteiger partial charge in [0.05, 0.1) is 5.38 Å². The maximum absolute atomic E-state index is 6.20. The van der Waals surface area contributed by atoms with E-state index in [1.54, 1.807) is 12.1 Å². The Balaban J connectivity index is 2.07. The lowest BCUT2D eigenvalue weighted by Crippen LogP contribution is -1.97. The zero-order valence-electron chi connectivity index (χ0n) is 8.78. The smallest absolute Gasteiger partial charge is 0.193 e. The molecule has 0 fully saturated rings. The molecule has 2 aromatic heterocycles. The molecule has 0 saturated carbocycles. The number of nitrogens with zero attached hydrogens (tertiary/aromatic N) is 1. The van der Waals surface area contributed by atoms with Crippen LogP contribution in [0.25, 0.3) is 0 Å². The van der Waals surface area contributed by atoms with E-state index in [0.717, 1.165) is 11.3 Å². The zero-order valence-corrected chi connectivity index (χ0v) is 10.3. The van der Waals surface area contributed by atoms with Crippen LogP contribution in [-0.4, -0.2) is 4.98 Å². The molecule has 0 saturated heterocycles. The maximum atomic E-state index is 6.20. The molecule has 0 N–H and O–H groups in total. The van der Waals surface area contributed by atoms with Crippen molar-refractivity contribution in [1.29, 1.82) is 0 Å². The van der Waals surface area contributed by atoms with Gasteiger partial charge in [-0.1, -0.05) is 6.07 Å². The first kappa shape index (κ1) is 11.5. The highest BCUT2D eigenvalue weighted by Gasteiger charge is 2.13. The number of hydrogen-bond acceptors (Lipinski definition) is 2. The molecule has 1 unspecified atom stereocenters. The van der Waals surface area contributed by atoms with Gasteiger partial charge in [0.15, 0.2) is 5.22 Å². The summed E-state index contributed by atoms with van der Waals surface area (Å²) in [5, 5.41) is 0.125. The third-order valence-corrected chi connectivity index (χ3v) is 2.84. The highest BCUT2D eigenvalue weighted by Crippen LogP contribution is 2.27. The molecule has 0 spiro atoms. The largest absolute Gasteiger partial charge is 0.448 e. The zero-order chi connectivity index (χ0) is 11.5. The molecule has 0 amide bonds. The maximum Gasteiger partial charge on any atom is 0.193 e. The van der Waals surface area contributed by atoms with Crippen LogP contribution < -0.4 is 0 Å². The second-order valence-corrected chi connectivity index (χ2v) is 4.54. The highest BCUT2D eigenvalue weighted by atomic mass is 35.5. The number of alkyl halides is 1. The molecule has 1 atom stereocenters. The van der Waals surface area contributed by atoms with E-state index in [-0.39, 0.29) is 5.38 Å². The molecule has 16 heavy (non-hydrogen) atoms. The summed E-state index contributed by atoms with van der Waals surface area (Å²) < 4.78 is 5.25. The average molecular weight is 256 g/mol. The molecule has 0 aromatic carbocycles. The molecule has 0 aliphatic rings. The summed E-state index contributed by atoms with van der Waals surface area (Å²) >= 11 is 11.9. The average Bonchev–Trinajstić information content (AvgIpc) is 2.68. The summed E-state index contributed by atoms with van der Waals surface area (Å²) in [6.45, 7) is 2.00. The van der Waals surface area contributed by atoms with Crippen molar-refractivity contribution in [3.05, 3.63) is 52.7 Å². The second-order valence-electron chi connectivity index (χ2n) is 3.64. The van der Waals surface area contributed by atoms with Crippen LogP contribution in [0.5, 0.6) is 0 Å². The van der Waals surface area contributed by atoms with Crippen LogP contribution in [0.4, 0.5) is 0 Å². The number of halogens is 2. The number of hydrogen-bond donors (Lipinski definition) is 0. The number of aryl methyl sites for hydroxylation is 1. The minimum absolute atomic E-state index is 0.234. The van der Waals surface area contributed by atoms with E-state index in [9.17, 15) is 0 Å². The summed E-state index contributed by atoms with van der Waals surface area (Å²) in [6, 6.07) is 7.46. The van der Waals surface area contributed by atoms with Gasteiger partial charge in [-0.3, -0.25) is 4.98 Å². The summed E-state index contributed by atoms with van der Waals surface area (Å²) in [6.07, 6.45) is 2.46. The molecule has 4 heteroatoms. The fourth-order valence-corrected chi connectivity index (χ4v) is 1.83. The Kier molecular flexibility index (Phi) is 3.52. The fraction of sp³-hybridized carbons (Fsp3) is 0.250. The fourth-order valence-electron chi connectivity index (χ4n) is 1.40. The van der Waals surface area contributed by atoms with Crippen molar-refractivity contribution in [1.82, 2.24) is 4.98 Å². The van der Waals surface area contributed by atoms with E-state index in [2.05, 4.69) is 4.98 Å². The molecule has 84 valence electrons. The Morgan fingerprint density at radius 2 is 2.12 bits per heavy atom. The minimum atomic E-state index is -0.234. The van der Waals surface area contributed by atoms with Crippen LogP contribution in [0.3, 0.4) is 0 Å². The van der Waals surface area contributed by atoms with E-state index in [1.165, 1.54) is 0 Å². The number of furan rings is 1. The van der Waals surface area contributed by atoms with Crippen LogP contribution in [0.2, 0.25) is 5.22 Å². The minimum Gasteiger partial charge on any atom is -0.448 e. The molecule has 2 aromatic rings. The van der Waals surface area contributed by atoms with Crippen LogP contribution in [0.15, 0.2) is 34.9 Å². The lowest BCUT2D eigenvalue weighted by atomic mass is 10.1. The molecule has 2 rings (SSSR count). The third kappa shape index (κ3) is 2.77. The summed E-state index contributed by atoms with van der Waals surface area (Å²) in [4.78, 5) is 4.29. The Morgan fingerprint density at radius 1 is 1.31 bits per heavy atom. The molecule has 0 aliphatic heterocycles. The van der Waals surface area contributed by atoms with Gasteiger partial charge in [-0.2, -0.15) is 0 Å². The topological polar surface area (TPSA) is 26.0 Å². The molecule has 0 aliphatic carbocycles. The monoisotopic (exact) mass is 255 g/mol. The Morgan fingerprint density at radius 3 is 2.69 bits per heavy atom. The van der Waals surface area contributed by atoms with Crippen LogP contribution in [0, 0.1) is 6.92 Å². The molecule has 2 heterocycles. The Labute approximate surface area is 104 Å². The van der Waals surface area contributed by atoms with Gasteiger partial charge >= 0.3 is 0 Å². The van der Waals surface area contributed by atoms with Crippen molar-refractivity contribution in [2.24, 2.45) is 0 Å². The second kappa shape index (κ2) is 4.89. The first-order valence-corrected chi connectivity index (χ1v) is 5.77. The lowest BCUT2D eigenvalue weighted by Gasteiger charge is -2.05. The van der Waals surface area contributed by atoms with Crippen molar-refractivity contribution in [2.75, 3.05) is 0 Å². The van der Waals surface area contributed by atoms with E-state index in [0.29, 0.717) is 17.4 Å².